The molecule has 0 aromatic heterocycles. The summed E-state index contributed by atoms with van der Waals surface area (Å²) in [6, 6.07) is 12.2. The molecule has 136 valence electrons. The monoisotopic (exact) mass is 392 g/mol. The molecule has 26 heavy (non-hydrogen) atoms. The highest BCUT2D eigenvalue weighted by Crippen LogP contribution is 2.29. The number of hydrogen-bond acceptors (Lipinski definition) is 3. The molecule has 0 fully saturated rings. The average Bonchev–Trinajstić information content (AvgIpc) is 2.63. The molecule has 0 bridgehead atoms. The number of para-hydroxylation sites is 2. The molecule has 2 aromatic rings. The van der Waals surface area contributed by atoms with Crippen molar-refractivity contribution < 1.29 is 14.3 Å². The first-order valence-corrected chi connectivity index (χ1v) is 8.48. The van der Waals surface area contributed by atoms with Crippen molar-refractivity contribution in [1.29, 1.82) is 0 Å². The zero-order chi connectivity index (χ0) is 19.1. The smallest absolute Gasteiger partial charge is 0.246 e. The van der Waals surface area contributed by atoms with Crippen molar-refractivity contribution in [2.45, 2.75) is 0 Å². The van der Waals surface area contributed by atoms with Crippen LogP contribution in [-0.4, -0.2) is 37.4 Å². The summed E-state index contributed by atoms with van der Waals surface area (Å²) < 4.78 is 5.23. The van der Waals surface area contributed by atoms with Crippen molar-refractivity contribution in [3.05, 3.63) is 64.1 Å². The third-order valence-corrected chi connectivity index (χ3v) is 4.16. The van der Waals surface area contributed by atoms with Crippen LogP contribution in [0.1, 0.15) is 5.56 Å². The molecule has 0 radical (unpaired) electrons. The zero-order valence-electron chi connectivity index (χ0n) is 14.3. The Hall–Kier alpha value is -2.50. The van der Waals surface area contributed by atoms with Gasteiger partial charge in [0.05, 0.1) is 29.4 Å². The van der Waals surface area contributed by atoms with Crippen LogP contribution in [0.3, 0.4) is 0 Å². The Labute approximate surface area is 162 Å². The van der Waals surface area contributed by atoms with Gasteiger partial charge in [0.1, 0.15) is 5.75 Å². The number of carbonyl (C=O) groups excluding carboxylic acids is 2. The third-order valence-electron chi connectivity index (χ3n) is 3.53. The van der Waals surface area contributed by atoms with E-state index >= 15 is 0 Å². The van der Waals surface area contributed by atoms with Gasteiger partial charge in [-0.2, -0.15) is 0 Å². The molecule has 0 heterocycles. The molecule has 0 spiro atoms. The highest BCUT2D eigenvalue weighted by Gasteiger charge is 2.14. The fourth-order valence-electron chi connectivity index (χ4n) is 2.18. The number of halogens is 2. The van der Waals surface area contributed by atoms with Gasteiger partial charge in [-0.3, -0.25) is 9.59 Å². The lowest BCUT2D eigenvalue weighted by Gasteiger charge is -2.16. The van der Waals surface area contributed by atoms with Crippen LogP contribution in [0.5, 0.6) is 5.75 Å². The molecule has 2 aromatic carbocycles. The number of ether oxygens (including phenoxy) is 1. The van der Waals surface area contributed by atoms with Gasteiger partial charge < -0.3 is 15.0 Å². The van der Waals surface area contributed by atoms with Crippen LogP contribution < -0.4 is 10.1 Å². The molecule has 0 aliphatic heterocycles. The summed E-state index contributed by atoms with van der Waals surface area (Å²) in [6.07, 6.45) is 3.02. The normalized spacial score (nSPS) is 10.6. The minimum absolute atomic E-state index is 0.142. The second kappa shape index (κ2) is 9.27. The molecule has 0 atom stereocenters. The van der Waals surface area contributed by atoms with Gasteiger partial charge >= 0.3 is 0 Å². The molecule has 0 unspecified atom stereocenters. The van der Waals surface area contributed by atoms with E-state index in [9.17, 15) is 9.59 Å². The highest BCUT2D eigenvalue weighted by molar-refractivity contribution is 6.39. The van der Waals surface area contributed by atoms with Gasteiger partial charge in [0, 0.05) is 18.7 Å². The predicted molar refractivity (Wildman–Crippen MR) is 105 cm³/mol. The van der Waals surface area contributed by atoms with Crippen LogP contribution in [0.15, 0.2) is 48.5 Å². The molecule has 0 saturated heterocycles. The summed E-state index contributed by atoms with van der Waals surface area (Å²) in [4.78, 5) is 25.6. The Kier molecular flexibility index (Phi) is 7.06. The number of nitrogens with one attached hydrogen (secondary N) is 1. The van der Waals surface area contributed by atoms with Crippen LogP contribution in [-0.2, 0) is 9.59 Å². The Morgan fingerprint density at radius 3 is 2.42 bits per heavy atom. The van der Waals surface area contributed by atoms with E-state index in [1.807, 2.05) is 18.2 Å². The van der Waals surface area contributed by atoms with Gasteiger partial charge in [-0.05, 0) is 24.3 Å². The Morgan fingerprint density at radius 2 is 1.77 bits per heavy atom. The third kappa shape index (κ3) is 5.25. The predicted octanol–water partition coefficient (Wildman–Crippen LogP) is 4.11. The van der Waals surface area contributed by atoms with E-state index in [2.05, 4.69) is 5.32 Å². The number of nitrogens with zero attached hydrogens (tertiary/aromatic N) is 1. The van der Waals surface area contributed by atoms with Crippen molar-refractivity contribution in [3.8, 4) is 5.75 Å². The molecule has 2 rings (SSSR count). The van der Waals surface area contributed by atoms with Gasteiger partial charge in [0.2, 0.25) is 11.8 Å². The van der Waals surface area contributed by atoms with E-state index in [1.54, 1.807) is 37.5 Å². The quantitative estimate of drug-likeness (QED) is 0.752. The van der Waals surface area contributed by atoms with Crippen LogP contribution in [0.2, 0.25) is 10.0 Å². The van der Waals surface area contributed by atoms with Gasteiger partial charge in [-0.25, -0.2) is 0 Å². The summed E-state index contributed by atoms with van der Waals surface area (Å²) in [5.41, 5.74) is 1.09. The van der Waals surface area contributed by atoms with Crippen molar-refractivity contribution in [1.82, 2.24) is 4.90 Å². The van der Waals surface area contributed by atoms with Gasteiger partial charge in [0.15, 0.2) is 0 Å². The largest absolute Gasteiger partial charge is 0.496 e. The lowest BCUT2D eigenvalue weighted by molar-refractivity contribution is -0.129. The summed E-state index contributed by atoms with van der Waals surface area (Å²) in [7, 11) is 3.09. The second-order valence-electron chi connectivity index (χ2n) is 5.41. The first-order valence-electron chi connectivity index (χ1n) is 7.72. The van der Waals surface area contributed by atoms with Gasteiger partial charge in [0.25, 0.3) is 0 Å². The van der Waals surface area contributed by atoms with E-state index < -0.39 is 5.91 Å². The maximum atomic E-state index is 12.2. The maximum absolute atomic E-state index is 12.2. The maximum Gasteiger partial charge on any atom is 0.246 e. The topological polar surface area (TPSA) is 58.6 Å². The fraction of sp³-hybridized carbons (Fsp3) is 0.158. The fourth-order valence-corrected chi connectivity index (χ4v) is 2.67. The van der Waals surface area contributed by atoms with E-state index in [0.717, 1.165) is 5.56 Å². The standard InChI is InChI=1S/C19H18Cl2N2O3/c1-23(12-17(24)22-19-14(20)7-5-8-15(19)21)18(25)11-10-13-6-3-4-9-16(13)26-2/h3-11H,12H2,1-2H3,(H,22,24)/b11-10+. The van der Waals surface area contributed by atoms with E-state index in [0.29, 0.717) is 21.5 Å². The molecule has 0 aliphatic carbocycles. The lowest BCUT2D eigenvalue weighted by Crippen LogP contribution is -2.34. The molecular weight excluding hydrogens is 375 g/mol. The van der Waals surface area contributed by atoms with Crippen molar-refractivity contribution in [3.63, 3.8) is 0 Å². The van der Waals surface area contributed by atoms with Crippen molar-refractivity contribution >= 4 is 46.8 Å². The Balaban J connectivity index is 1.98. The van der Waals surface area contributed by atoms with Gasteiger partial charge in [-0.15, -0.1) is 0 Å². The highest BCUT2D eigenvalue weighted by atomic mass is 35.5. The summed E-state index contributed by atoms with van der Waals surface area (Å²) >= 11 is 12.0. The number of hydrogen-bond donors (Lipinski definition) is 1. The molecular formula is C19H18Cl2N2O3. The van der Waals surface area contributed by atoms with Crippen molar-refractivity contribution in [2.75, 3.05) is 26.0 Å². The number of carbonyl (C=O) groups is 2. The Morgan fingerprint density at radius 1 is 1.12 bits per heavy atom. The second-order valence-corrected chi connectivity index (χ2v) is 6.23. The van der Waals surface area contributed by atoms with E-state index in [1.165, 1.54) is 18.0 Å². The summed E-state index contributed by atoms with van der Waals surface area (Å²) in [5.74, 6) is -0.0665. The number of likely N-dealkylation sites (N-methyl/N-ethyl adjacent to an activating group) is 1. The summed E-state index contributed by atoms with van der Waals surface area (Å²) in [5, 5.41) is 3.27. The van der Waals surface area contributed by atoms with E-state index in [4.69, 9.17) is 27.9 Å². The van der Waals surface area contributed by atoms with Crippen LogP contribution in [0.25, 0.3) is 6.08 Å². The first kappa shape index (κ1) is 19.8. The minimum Gasteiger partial charge on any atom is -0.496 e. The number of rotatable bonds is 6. The minimum atomic E-state index is -0.401. The summed E-state index contributed by atoms with van der Waals surface area (Å²) in [6.45, 7) is -0.142. The molecule has 0 saturated carbocycles. The van der Waals surface area contributed by atoms with E-state index in [-0.39, 0.29) is 12.5 Å². The molecule has 1 N–H and O–H groups in total. The van der Waals surface area contributed by atoms with Crippen LogP contribution >= 0.6 is 23.2 Å². The molecule has 2 amide bonds. The molecule has 7 heteroatoms. The number of methoxy groups -OCH3 is 1. The molecule has 5 nitrogen and oxygen atoms in total. The number of benzene rings is 2. The number of anilines is 1. The van der Waals surface area contributed by atoms with Crippen LogP contribution in [0.4, 0.5) is 5.69 Å². The van der Waals surface area contributed by atoms with Crippen LogP contribution in [0, 0.1) is 0 Å². The Bertz CT molecular complexity index is 817. The lowest BCUT2D eigenvalue weighted by atomic mass is 10.2. The SMILES string of the molecule is COc1ccccc1/C=C/C(=O)N(C)CC(=O)Nc1c(Cl)cccc1Cl. The zero-order valence-corrected chi connectivity index (χ0v) is 15.8. The molecule has 0 aliphatic rings. The van der Waals surface area contributed by atoms with Gasteiger partial charge in [-0.1, -0.05) is 47.5 Å². The number of amides is 2. The van der Waals surface area contributed by atoms with Crippen molar-refractivity contribution in [2.24, 2.45) is 0 Å². The first-order chi connectivity index (χ1) is 12.4. The average molecular weight is 393 g/mol.